The minimum atomic E-state index is -1.62. The average molecular weight is 578 g/mol. The third-order valence-electron chi connectivity index (χ3n) is 8.38. The van der Waals surface area contributed by atoms with Crippen LogP contribution in [0.5, 0.6) is 0 Å². The van der Waals surface area contributed by atoms with Gasteiger partial charge in [-0.2, -0.15) is 5.10 Å². The van der Waals surface area contributed by atoms with Gasteiger partial charge in [0.05, 0.1) is 16.6 Å². The first-order valence-corrected chi connectivity index (χ1v) is 13.9. The Morgan fingerprint density at radius 3 is 2.05 bits per heavy atom. The van der Waals surface area contributed by atoms with E-state index in [1.807, 2.05) is 69.2 Å². The highest BCUT2D eigenvalue weighted by Gasteiger charge is 2.64. The Balaban J connectivity index is 2.21. The number of carboxylic acids is 1. The minimum absolute atomic E-state index is 0.0453. The topological polar surface area (TPSA) is 121 Å². The van der Waals surface area contributed by atoms with Crippen LogP contribution in [0.3, 0.4) is 0 Å². The van der Waals surface area contributed by atoms with E-state index < -0.39 is 57.8 Å². The van der Waals surface area contributed by atoms with Gasteiger partial charge in [-0.3, -0.25) is 9.48 Å². The number of hydrogen-bond acceptors (Lipinski definition) is 5. The van der Waals surface area contributed by atoms with E-state index in [2.05, 4.69) is 15.4 Å². The number of aromatic nitrogens is 3. The normalized spacial score (nSPS) is 23.9. The van der Waals surface area contributed by atoms with E-state index in [4.69, 9.17) is 0 Å². The molecule has 1 aliphatic heterocycles. The van der Waals surface area contributed by atoms with Crippen molar-refractivity contribution in [2.24, 2.45) is 28.1 Å². The molecule has 2 unspecified atom stereocenters. The van der Waals surface area contributed by atoms with Crippen molar-refractivity contribution in [2.75, 3.05) is 11.9 Å². The van der Waals surface area contributed by atoms with Crippen molar-refractivity contribution < 1.29 is 28.6 Å². The van der Waals surface area contributed by atoms with Crippen LogP contribution in [0.25, 0.3) is 0 Å². The van der Waals surface area contributed by atoms with Crippen LogP contribution in [-0.2, 0) is 16.8 Å². The third-order valence-corrected chi connectivity index (χ3v) is 8.38. The smallest absolute Gasteiger partial charge is 0.407 e. The molecule has 3 heterocycles. The van der Waals surface area contributed by atoms with Gasteiger partial charge in [-0.1, -0.05) is 41.5 Å². The summed E-state index contributed by atoms with van der Waals surface area (Å²) in [4.78, 5) is 31.4. The molecule has 1 amide bonds. The molecule has 1 aliphatic rings. The Bertz CT molecular complexity index is 1320. The summed E-state index contributed by atoms with van der Waals surface area (Å²) < 4.78 is 32.3. The number of likely N-dealkylation sites (tertiary alicyclic amines) is 1. The molecule has 11 heteroatoms. The number of rotatable bonds is 5. The number of anilines is 2. The second kappa shape index (κ2) is 10.5. The van der Waals surface area contributed by atoms with E-state index in [-0.39, 0.29) is 30.0 Å². The van der Waals surface area contributed by atoms with E-state index in [0.29, 0.717) is 11.9 Å². The second-order valence-electron chi connectivity index (χ2n) is 14.6. The van der Waals surface area contributed by atoms with Gasteiger partial charge in [0, 0.05) is 42.8 Å². The predicted molar refractivity (Wildman–Crippen MR) is 153 cm³/mol. The van der Waals surface area contributed by atoms with E-state index in [0.717, 1.165) is 5.69 Å². The Kier molecular flexibility index (Phi) is 8.30. The summed E-state index contributed by atoms with van der Waals surface area (Å²) in [5.41, 5.74) is -2.69. The Labute approximate surface area is 241 Å². The lowest BCUT2D eigenvalue weighted by molar-refractivity contribution is -0.184. The lowest BCUT2D eigenvalue weighted by Gasteiger charge is -2.60. The molecule has 2 aromatic heterocycles. The van der Waals surface area contributed by atoms with Gasteiger partial charge in [-0.25, -0.2) is 18.6 Å². The molecule has 0 spiro atoms. The van der Waals surface area contributed by atoms with Gasteiger partial charge < -0.3 is 20.4 Å². The Hall–Kier alpha value is -3.24. The number of carboxylic acid groups (broad SMARTS) is 2. The van der Waals surface area contributed by atoms with Crippen molar-refractivity contribution in [1.82, 2.24) is 19.7 Å². The first-order valence-electron chi connectivity index (χ1n) is 13.9. The molecule has 0 aromatic carbocycles. The maximum Gasteiger partial charge on any atom is 0.407 e. The van der Waals surface area contributed by atoms with E-state index in [1.54, 1.807) is 17.7 Å². The highest BCUT2D eigenvalue weighted by molar-refractivity contribution is 5.78. The van der Waals surface area contributed by atoms with Gasteiger partial charge in [0.1, 0.15) is 5.82 Å². The van der Waals surface area contributed by atoms with Crippen LogP contribution in [0.15, 0.2) is 12.1 Å². The lowest BCUT2D eigenvalue weighted by atomic mass is 9.48. The number of nitrogens with zero attached hydrogens (tertiary/aromatic N) is 4. The fourth-order valence-corrected chi connectivity index (χ4v) is 7.07. The fourth-order valence-electron chi connectivity index (χ4n) is 7.07. The molecule has 3 rings (SSSR count). The largest absolute Gasteiger partial charge is 0.481 e. The molecule has 0 aliphatic carbocycles. The summed E-state index contributed by atoms with van der Waals surface area (Å²) in [6.45, 7) is 20.6. The second-order valence-corrected chi connectivity index (χ2v) is 14.6. The Morgan fingerprint density at radius 2 is 1.61 bits per heavy atom. The summed E-state index contributed by atoms with van der Waals surface area (Å²) in [5.74, 6) is -4.44. The average Bonchev–Trinajstić information content (AvgIpc) is 3.15. The zero-order valence-electron chi connectivity index (χ0n) is 26.1. The van der Waals surface area contributed by atoms with E-state index in [1.165, 1.54) is 4.90 Å². The van der Waals surface area contributed by atoms with Gasteiger partial charge in [-0.15, -0.1) is 0 Å². The predicted octanol–water partition coefficient (Wildman–Crippen LogP) is 6.68. The fraction of sp³-hybridized carbons (Fsp3) is 0.667. The molecule has 228 valence electrons. The number of aryl methyl sites for hydroxylation is 1. The minimum Gasteiger partial charge on any atom is -0.481 e. The molecular weight excluding hydrogens is 532 g/mol. The standard InChI is InChI=1S/C30H45F2N5O4/c1-16-12-22(35-37(16)29(9,10)11)34-24-19(32)13-18(31)20(33-24)14-30(25(38)39)21(27(3,4)5)15-36(26(40)41)17(2)23(30)28(6,7)8/h12-13,17,21,23H,14-15H2,1-11H3,(H,38,39)(H,40,41)(H,33,34,35)/t17-,21?,23?,30-/m1/s1. The molecule has 0 bridgehead atoms. The number of carbonyl (C=O) groups is 2. The van der Waals surface area contributed by atoms with E-state index in [9.17, 15) is 19.8 Å². The summed E-state index contributed by atoms with van der Waals surface area (Å²) >= 11 is 0. The number of hydrogen-bond donors (Lipinski definition) is 3. The summed E-state index contributed by atoms with van der Waals surface area (Å²) in [6, 6.07) is 1.75. The number of aliphatic carboxylic acids is 1. The van der Waals surface area contributed by atoms with Crippen molar-refractivity contribution in [3.8, 4) is 0 Å². The maximum absolute atomic E-state index is 15.5. The van der Waals surface area contributed by atoms with Gasteiger partial charge in [0.2, 0.25) is 0 Å². The number of nitrogens with one attached hydrogen (secondary N) is 1. The summed E-state index contributed by atoms with van der Waals surface area (Å²) in [6.07, 6.45) is -1.48. The zero-order valence-corrected chi connectivity index (χ0v) is 26.1. The summed E-state index contributed by atoms with van der Waals surface area (Å²) in [5, 5.41) is 28.4. The van der Waals surface area contributed by atoms with Crippen molar-refractivity contribution in [2.45, 2.75) is 94.2 Å². The molecule has 2 aromatic rings. The first kappa shape index (κ1) is 32.3. The van der Waals surface area contributed by atoms with Crippen molar-refractivity contribution in [3.63, 3.8) is 0 Å². The maximum atomic E-state index is 15.5. The number of piperidine rings is 1. The van der Waals surface area contributed by atoms with Gasteiger partial charge in [-0.05, 0) is 51.4 Å². The molecule has 41 heavy (non-hydrogen) atoms. The zero-order chi connectivity index (χ0) is 31.5. The number of halogens is 2. The highest BCUT2D eigenvalue weighted by atomic mass is 19.1. The molecule has 1 saturated heterocycles. The van der Waals surface area contributed by atoms with Crippen LogP contribution in [-0.4, -0.2) is 54.5 Å². The van der Waals surface area contributed by atoms with Crippen LogP contribution in [0.2, 0.25) is 0 Å². The van der Waals surface area contributed by atoms with E-state index >= 15 is 8.78 Å². The molecular formula is C30H45F2N5O4. The molecule has 0 saturated carbocycles. The molecule has 1 fully saturated rings. The van der Waals surface area contributed by atoms with Crippen LogP contribution in [0.4, 0.5) is 25.2 Å². The number of pyridine rings is 1. The molecule has 0 radical (unpaired) electrons. The van der Waals surface area contributed by atoms with Gasteiger partial charge >= 0.3 is 12.1 Å². The third kappa shape index (κ3) is 6.04. The lowest BCUT2D eigenvalue weighted by Crippen LogP contribution is -2.68. The molecule has 4 atom stereocenters. The van der Waals surface area contributed by atoms with Gasteiger partial charge in [0.25, 0.3) is 0 Å². The van der Waals surface area contributed by atoms with Crippen LogP contribution in [0.1, 0.15) is 80.6 Å². The van der Waals surface area contributed by atoms with Crippen molar-refractivity contribution >= 4 is 23.7 Å². The number of amides is 1. The van der Waals surface area contributed by atoms with Gasteiger partial charge in [0.15, 0.2) is 17.5 Å². The quantitative estimate of drug-likeness (QED) is 0.362. The Morgan fingerprint density at radius 1 is 1.02 bits per heavy atom. The summed E-state index contributed by atoms with van der Waals surface area (Å²) in [7, 11) is 0. The highest BCUT2D eigenvalue weighted by Crippen LogP contribution is 2.58. The van der Waals surface area contributed by atoms with Crippen LogP contribution < -0.4 is 5.32 Å². The van der Waals surface area contributed by atoms with Crippen LogP contribution >= 0.6 is 0 Å². The molecule has 9 nitrogen and oxygen atoms in total. The van der Waals surface area contributed by atoms with Crippen LogP contribution in [0, 0.1) is 46.6 Å². The SMILES string of the molecule is Cc1cc(Nc2nc(C[C@@]3(C(=O)O)C(C(C)(C)C)CN(C(=O)O)[C@H](C)C3C(C)(C)C)c(F)cc2F)nn1C(C)(C)C. The monoisotopic (exact) mass is 577 g/mol. The molecule has 3 N–H and O–H groups in total. The van der Waals surface area contributed by atoms with Crippen molar-refractivity contribution in [1.29, 1.82) is 0 Å². The first-order chi connectivity index (χ1) is 18.5. The van der Waals surface area contributed by atoms with Crippen molar-refractivity contribution in [3.05, 3.63) is 35.2 Å².